The number of carbonyl (C=O) groups is 1. The van der Waals surface area contributed by atoms with E-state index in [1.54, 1.807) is 6.92 Å². The monoisotopic (exact) mass is 348 g/mol. The summed E-state index contributed by atoms with van der Waals surface area (Å²) < 4.78 is 6.03. The van der Waals surface area contributed by atoms with Crippen LogP contribution in [0.15, 0.2) is 30.5 Å². The molecule has 0 saturated heterocycles. The first-order valence-electron chi connectivity index (χ1n) is 6.93. The number of thiazole rings is 1. The SMILES string of the molecule is CCOC(=O)c1cnc(Nc2nc3ccccc3s2)nc1CCl. The van der Waals surface area contributed by atoms with Crippen molar-refractivity contribution in [1.29, 1.82) is 0 Å². The van der Waals surface area contributed by atoms with E-state index in [-0.39, 0.29) is 18.1 Å². The summed E-state index contributed by atoms with van der Waals surface area (Å²) in [6, 6.07) is 7.82. The second kappa shape index (κ2) is 6.89. The van der Waals surface area contributed by atoms with E-state index in [1.165, 1.54) is 17.5 Å². The highest BCUT2D eigenvalue weighted by atomic mass is 35.5. The Labute approximate surface area is 141 Å². The fourth-order valence-corrected chi connectivity index (χ4v) is 3.04. The number of halogens is 1. The van der Waals surface area contributed by atoms with Crippen LogP contribution in [0.3, 0.4) is 0 Å². The smallest absolute Gasteiger partial charge is 0.341 e. The minimum Gasteiger partial charge on any atom is -0.462 e. The summed E-state index contributed by atoms with van der Waals surface area (Å²) in [6.45, 7) is 2.02. The molecule has 0 aliphatic heterocycles. The molecule has 2 heterocycles. The number of hydrogen-bond donors (Lipinski definition) is 1. The van der Waals surface area contributed by atoms with Gasteiger partial charge in [0.15, 0.2) is 5.13 Å². The Kier molecular flexibility index (Phi) is 4.68. The number of alkyl halides is 1. The van der Waals surface area contributed by atoms with Crippen LogP contribution in [0.2, 0.25) is 0 Å². The number of nitrogens with one attached hydrogen (secondary N) is 1. The maximum absolute atomic E-state index is 11.8. The van der Waals surface area contributed by atoms with Gasteiger partial charge in [-0.2, -0.15) is 0 Å². The number of anilines is 2. The second-order valence-corrected chi connectivity index (χ2v) is 5.82. The Morgan fingerprint density at radius 1 is 1.35 bits per heavy atom. The molecule has 0 fully saturated rings. The molecule has 0 atom stereocenters. The number of esters is 1. The van der Waals surface area contributed by atoms with E-state index in [9.17, 15) is 4.79 Å². The van der Waals surface area contributed by atoms with E-state index in [4.69, 9.17) is 16.3 Å². The van der Waals surface area contributed by atoms with Gasteiger partial charge >= 0.3 is 5.97 Å². The summed E-state index contributed by atoms with van der Waals surface area (Å²) >= 11 is 7.37. The van der Waals surface area contributed by atoms with Gasteiger partial charge in [0.2, 0.25) is 5.95 Å². The molecule has 1 N–H and O–H groups in total. The number of benzene rings is 1. The van der Waals surface area contributed by atoms with Crippen molar-refractivity contribution >= 4 is 50.2 Å². The van der Waals surface area contributed by atoms with Crippen LogP contribution >= 0.6 is 22.9 Å². The lowest BCUT2D eigenvalue weighted by atomic mass is 10.2. The Bertz CT molecular complexity index is 819. The predicted molar refractivity (Wildman–Crippen MR) is 90.4 cm³/mol. The molecule has 0 amide bonds. The number of carbonyl (C=O) groups excluding carboxylic acids is 1. The van der Waals surface area contributed by atoms with Crippen LogP contribution in [0.1, 0.15) is 23.0 Å². The molecule has 0 aliphatic rings. The van der Waals surface area contributed by atoms with Gasteiger partial charge in [-0.25, -0.2) is 19.7 Å². The maximum Gasteiger partial charge on any atom is 0.341 e. The molecule has 0 aliphatic carbocycles. The molecule has 0 saturated carbocycles. The molecule has 0 radical (unpaired) electrons. The number of fused-ring (bicyclic) bond motifs is 1. The zero-order chi connectivity index (χ0) is 16.2. The van der Waals surface area contributed by atoms with E-state index >= 15 is 0 Å². The molecular formula is C15H13ClN4O2S. The van der Waals surface area contributed by atoms with Crippen molar-refractivity contribution in [2.24, 2.45) is 0 Å². The van der Waals surface area contributed by atoms with E-state index in [0.717, 1.165) is 10.2 Å². The Hall–Kier alpha value is -2.25. The van der Waals surface area contributed by atoms with Crippen molar-refractivity contribution in [3.63, 3.8) is 0 Å². The third-order valence-electron chi connectivity index (χ3n) is 3.00. The molecule has 8 heteroatoms. The molecule has 2 aromatic heterocycles. The average Bonchev–Trinajstić information content (AvgIpc) is 2.97. The van der Waals surface area contributed by atoms with Crippen LogP contribution in [0.5, 0.6) is 0 Å². The van der Waals surface area contributed by atoms with Crippen LogP contribution in [-0.2, 0) is 10.6 Å². The standard InChI is InChI=1S/C15H13ClN4O2S/c1-2-22-13(21)9-8-17-14(18-11(9)7-16)20-15-19-10-5-3-4-6-12(10)23-15/h3-6,8H,2,7H2,1H3,(H,17,18,19,20). The summed E-state index contributed by atoms with van der Waals surface area (Å²) in [6.07, 6.45) is 1.42. The van der Waals surface area contributed by atoms with Gasteiger partial charge in [-0.15, -0.1) is 11.6 Å². The van der Waals surface area contributed by atoms with Crippen molar-refractivity contribution in [2.45, 2.75) is 12.8 Å². The number of hydrogen-bond acceptors (Lipinski definition) is 7. The Morgan fingerprint density at radius 3 is 2.91 bits per heavy atom. The lowest BCUT2D eigenvalue weighted by Crippen LogP contribution is -2.11. The van der Waals surface area contributed by atoms with Gasteiger partial charge in [-0.1, -0.05) is 23.5 Å². The van der Waals surface area contributed by atoms with Gasteiger partial charge in [0.05, 0.1) is 28.4 Å². The molecule has 0 unspecified atom stereocenters. The Balaban J connectivity index is 1.86. The molecule has 23 heavy (non-hydrogen) atoms. The third-order valence-corrected chi connectivity index (χ3v) is 4.21. The topological polar surface area (TPSA) is 77.0 Å². The van der Waals surface area contributed by atoms with Gasteiger partial charge in [-0.3, -0.25) is 0 Å². The van der Waals surface area contributed by atoms with Crippen LogP contribution in [0.4, 0.5) is 11.1 Å². The molecule has 0 spiro atoms. The van der Waals surface area contributed by atoms with E-state index < -0.39 is 5.97 Å². The summed E-state index contributed by atoms with van der Waals surface area (Å²) in [7, 11) is 0. The first-order valence-corrected chi connectivity index (χ1v) is 8.28. The molecule has 0 bridgehead atoms. The van der Waals surface area contributed by atoms with Crippen molar-refractivity contribution in [1.82, 2.24) is 15.0 Å². The minimum absolute atomic E-state index is 0.0885. The highest BCUT2D eigenvalue weighted by molar-refractivity contribution is 7.22. The number of aromatic nitrogens is 3. The lowest BCUT2D eigenvalue weighted by molar-refractivity contribution is 0.0524. The first-order chi connectivity index (χ1) is 11.2. The summed E-state index contributed by atoms with van der Waals surface area (Å²) in [4.78, 5) is 24.7. The van der Waals surface area contributed by atoms with E-state index in [0.29, 0.717) is 16.8 Å². The third kappa shape index (κ3) is 3.40. The van der Waals surface area contributed by atoms with Crippen LogP contribution in [0, 0.1) is 0 Å². The quantitative estimate of drug-likeness (QED) is 0.559. The highest BCUT2D eigenvalue weighted by Gasteiger charge is 2.15. The minimum atomic E-state index is -0.477. The normalized spacial score (nSPS) is 10.7. The van der Waals surface area contributed by atoms with Gasteiger partial charge in [0.25, 0.3) is 0 Å². The van der Waals surface area contributed by atoms with Gasteiger partial charge in [0, 0.05) is 6.20 Å². The zero-order valence-electron chi connectivity index (χ0n) is 12.2. The summed E-state index contributed by atoms with van der Waals surface area (Å²) in [5.41, 5.74) is 1.60. The number of para-hydroxylation sites is 1. The van der Waals surface area contributed by atoms with Gasteiger partial charge in [0.1, 0.15) is 5.56 Å². The molecule has 3 aromatic rings. The lowest BCUT2D eigenvalue weighted by Gasteiger charge is -2.07. The van der Waals surface area contributed by atoms with Crippen LogP contribution in [-0.4, -0.2) is 27.5 Å². The maximum atomic E-state index is 11.8. The van der Waals surface area contributed by atoms with Crippen LogP contribution in [0.25, 0.3) is 10.2 Å². The summed E-state index contributed by atoms with van der Waals surface area (Å²) in [5.74, 6) is -0.0481. The van der Waals surface area contributed by atoms with E-state index in [1.807, 2.05) is 24.3 Å². The van der Waals surface area contributed by atoms with Gasteiger partial charge < -0.3 is 10.1 Å². The van der Waals surface area contributed by atoms with Crippen molar-refractivity contribution in [3.8, 4) is 0 Å². The average molecular weight is 349 g/mol. The van der Waals surface area contributed by atoms with Gasteiger partial charge in [-0.05, 0) is 19.1 Å². The zero-order valence-corrected chi connectivity index (χ0v) is 13.8. The fraction of sp³-hybridized carbons (Fsp3) is 0.200. The highest BCUT2D eigenvalue weighted by Crippen LogP contribution is 2.27. The van der Waals surface area contributed by atoms with Crippen LogP contribution < -0.4 is 5.32 Å². The second-order valence-electron chi connectivity index (χ2n) is 4.52. The number of rotatable bonds is 5. The number of nitrogens with zero attached hydrogens (tertiary/aromatic N) is 3. The van der Waals surface area contributed by atoms with Crippen molar-refractivity contribution in [3.05, 3.63) is 41.7 Å². The molecule has 118 valence electrons. The Morgan fingerprint density at radius 2 is 2.17 bits per heavy atom. The molecule has 1 aromatic carbocycles. The first kappa shape index (κ1) is 15.6. The molecule has 6 nitrogen and oxygen atoms in total. The number of ether oxygens (including phenoxy) is 1. The molecular weight excluding hydrogens is 336 g/mol. The largest absolute Gasteiger partial charge is 0.462 e. The fourth-order valence-electron chi connectivity index (χ4n) is 1.98. The predicted octanol–water partition coefficient (Wildman–Crippen LogP) is 3.75. The molecule has 3 rings (SSSR count). The summed E-state index contributed by atoms with van der Waals surface area (Å²) in [5, 5.41) is 3.72. The van der Waals surface area contributed by atoms with Crippen molar-refractivity contribution < 1.29 is 9.53 Å². The van der Waals surface area contributed by atoms with Crippen molar-refractivity contribution in [2.75, 3.05) is 11.9 Å². The van der Waals surface area contributed by atoms with E-state index in [2.05, 4.69) is 20.3 Å².